The van der Waals surface area contributed by atoms with Crippen LogP contribution in [0.3, 0.4) is 0 Å². The second-order valence-corrected chi connectivity index (χ2v) is 11.8. The van der Waals surface area contributed by atoms with Gasteiger partial charge in [0.2, 0.25) is 10.0 Å². The topological polar surface area (TPSA) is 126 Å². The fourth-order valence-corrected chi connectivity index (χ4v) is 5.81. The van der Waals surface area contributed by atoms with Crippen molar-refractivity contribution in [3.63, 3.8) is 0 Å². The second-order valence-electron chi connectivity index (χ2n) is 9.66. The van der Waals surface area contributed by atoms with Gasteiger partial charge in [-0.2, -0.15) is 5.10 Å². The van der Waals surface area contributed by atoms with Crippen LogP contribution in [-0.4, -0.2) is 65.8 Å². The van der Waals surface area contributed by atoms with Crippen LogP contribution in [-0.2, 0) is 10.0 Å². The lowest BCUT2D eigenvalue weighted by atomic mass is 9.98. The first-order valence-corrected chi connectivity index (χ1v) is 14.3. The number of hydrogen-bond donors (Lipinski definition) is 2. The lowest BCUT2D eigenvalue weighted by molar-refractivity contribution is 0.0607. The van der Waals surface area contributed by atoms with Crippen molar-refractivity contribution in [2.75, 3.05) is 35.5 Å². The number of nitrogens with two attached hydrogens (primary N) is 1. The minimum atomic E-state index is -3.58. The molecule has 2 aliphatic heterocycles. The van der Waals surface area contributed by atoms with Crippen molar-refractivity contribution in [1.82, 2.24) is 19.5 Å². The fourth-order valence-electron chi connectivity index (χ4n) is 5.07. The van der Waals surface area contributed by atoms with E-state index in [1.165, 1.54) is 12.1 Å². The molecule has 0 saturated carbocycles. The summed E-state index contributed by atoms with van der Waals surface area (Å²) >= 11 is 6.19. The van der Waals surface area contributed by atoms with Gasteiger partial charge in [-0.05, 0) is 50.8 Å². The van der Waals surface area contributed by atoms with Crippen molar-refractivity contribution in [3.05, 3.63) is 52.3 Å². The normalized spacial score (nSPS) is 20.8. The zero-order chi connectivity index (χ0) is 25.6. The molecule has 0 radical (unpaired) electrons. The Balaban J connectivity index is 1.49. The van der Waals surface area contributed by atoms with Gasteiger partial charge in [0.25, 0.3) is 5.91 Å². The van der Waals surface area contributed by atoms with Crippen LogP contribution in [0.5, 0.6) is 0 Å². The van der Waals surface area contributed by atoms with Crippen LogP contribution in [0.15, 0.2) is 30.3 Å². The molecule has 3 aromatic rings. The van der Waals surface area contributed by atoms with Crippen molar-refractivity contribution in [2.45, 2.75) is 44.7 Å². The summed E-state index contributed by atoms with van der Waals surface area (Å²) in [6.07, 6.45) is 4.54. The molecule has 2 atom stereocenters. The van der Waals surface area contributed by atoms with Crippen LogP contribution < -0.4 is 15.4 Å². The summed E-state index contributed by atoms with van der Waals surface area (Å²) in [6, 6.07) is 8.42. The molecule has 0 spiro atoms. The summed E-state index contributed by atoms with van der Waals surface area (Å²) < 4.78 is 28.0. The number of piperidine rings is 1. The molecule has 2 aromatic heterocycles. The van der Waals surface area contributed by atoms with Gasteiger partial charge >= 0.3 is 0 Å². The number of nitrogens with one attached hydrogen (secondary N) is 1. The van der Waals surface area contributed by atoms with Crippen molar-refractivity contribution >= 4 is 44.7 Å². The van der Waals surface area contributed by atoms with E-state index < -0.39 is 10.0 Å². The third-order valence-corrected chi connectivity index (χ3v) is 7.60. The molecular weight excluding hydrogens is 502 g/mol. The molecule has 1 amide bonds. The number of fused-ring (bicyclic) bond motifs is 1. The number of hydrogen-bond acceptors (Lipinski definition) is 7. The molecule has 1 aromatic carbocycles. The predicted molar refractivity (Wildman–Crippen MR) is 140 cm³/mol. The molecule has 4 heterocycles. The van der Waals surface area contributed by atoms with Crippen LogP contribution in [0.2, 0.25) is 5.02 Å². The second kappa shape index (κ2) is 9.53. The Labute approximate surface area is 215 Å². The van der Waals surface area contributed by atoms with E-state index in [2.05, 4.69) is 9.62 Å². The summed E-state index contributed by atoms with van der Waals surface area (Å²) in [4.78, 5) is 22.5. The first kappa shape index (κ1) is 24.8. The number of carbonyl (C=O) groups is 1. The van der Waals surface area contributed by atoms with Gasteiger partial charge in [-0.15, -0.1) is 0 Å². The summed E-state index contributed by atoms with van der Waals surface area (Å²) in [5.41, 5.74) is 8.94. The Kier molecular flexibility index (Phi) is 6.56. The fraction of sp³-hybridized carbons (Fsp3) is 0.458. The number of rotatable bonds is 5. The number of carbonyl (C=O) groups excluding carboxylic acids is 1. The number of halogens is 1. The maximum atomic E-state index is 13.7. The van der Waals surface area contributed by atoms with Gasteiger partial charge in [-0.3, -0.25) is 9.52 Å². The van der Waals surface area contributed by atoms with Crippen molar-refractivity contribution in [1.29, 1.82) is 0 Å². The standard InChI is InChI=1S/C24H30ClN7O3S/c1-15-11-22(30-10-8-17(26)14-30)27-23-13-20(28-32(15)23)21-5-3-4-9-31(21)24(33)18-12-16(25)6-7-19(18)29-36(2,34)35/h6-7,11-13,17,21,29H,3-5,8-10,14,26H2,1-2H3/t17-,21-/m0/s1. The van der Waals surface area contributed by atoms with Gasteiger partial charge in [0.1, 0.15) is 5.82 Å². The van der Waals surface area contributed by atoms with E-state index >= 15 is 0 Å². The molecule has 192 valence electrons. The number of nitrogens with zero attached hydrogens (tertiary/aromatic N) is 5. The molecule has 3 N–H and O–H groups in total. The molecule has 36 heavy (non-hydrogen) atoms. The van der Waals surface area contributed by atoms with Gasteiger partial charge < -0.3 is 15.5 Å². The molecule has 2 aliphatic rings. The minimum Gasteiger partial charge on any atom is -0.355 e. The number of aromatic nitrogens is 3. The predicted octanol–water partition coefficient (Wildman–Crippen LogP) is 2.97. The van der Waals surface area contributed by atoms with Crippen molar-refractivity contribution in [2.24, 2.45) is 5.73 Å². The average molecular weight is 532 g/mol. The third kappa shape index (κ3) is 5.00. The van der Waals surface area contributed by atoms with Gasteiger partial charge in [0.05, 0.1) is 29.2 Å². The molecule has 2 saturated heterocycles. The van der Waals surface area contributed by atoms with E-state index in [0.29, 0.717) is 11.6 Å². The lowest BCUT2D eigenvalue weighted by Gasteiger charge is -2.35. The van der Waals surface area contributed by atoms with Crippen LogP contribution in [0, 0.1) is 6.92 Å². The summed E-state index contributed by atoms with van der Waals surface area (Å²) in [6.45, 7) is 4.17. The summed E-state index contributed by atoms with van der Waals surface area (Å²) in [7, 11) is -3.58. The number of anilines is 2. The van der Waals surface area contributed by atoms with Gasteiger partial charge in [-0.1, -0.05) is 11.6 Å². The molecule has 12 heteroatoms. The molecular formula is C24H30ClN7O3S. The SMILES string of the molecule is Cc1cc(N2CC[C@H](N)C2)nc2cc([C@@H]3CCCCN3C(=O)c3cc(Cl)ccc3NS(C)(=O)=O)nn12. The Morgan fingerprint density at radius 1 is 1.17 bits per heavy atom. The quantitative estimate of drug-likeness (QED) is 0.518. The van der Waals surface area contributed by atoms with Crippen LogP contribution in [0.4, 0.5) is 11.5 Å². The van der Waals surface area contributed by atoms with E-state index in [1.54, 1.807) is 11.0 Å². The summed E-state index contributed by atoms with van der Waals surface area (Å²) in [5.74, 6) is 0.591. The minimum absolute atomic E-state index is 0.152. The molecule has 2 fully saturated rings. The number of aryl methyl sites for hydroxylation is 1. The number of sulfonamides is 1. The lowest BCUT2D eigenvalue weighted by Crippen LogP contribution is -2.39. The first-order chi connectivity index (χ1) is 17.1. The number of amides is 1. The number of benzene rings is 1. The van der Waals surface area contributed by atoms with Gasteiger partial charge in [0.15, 0.2) is 5.65 Å². The van der Waals surface area contributed by atoms with E-state index in [1.807, 2.05) is 23.6 Å². The first-order valence-electron chi connectivity index (χ1n) is 12.1. The Morgan fingerprint density at radius 3 is 2.69 bits per heavy atom. The Hall–Kier alpha value is -2.89. The number of likely N-dealkylation sites (tertiary alicyclic amines) is 1. The largest absolute Gasteiger partial charge is 0.355 e. The highest BCUT2D eigenvalue weighted by Gasteiger charge is 2.32. The average Bonchev–Trinajstić information content (AvgIpc) is 3.45. The van der Waals surface area contributed by atoms with Crippen LogP contribution in [0.25, 0.3) is 5.65 Å². The highest BCUT2D eigenvalue weighted by molar-refractivity contribution is 7.92. The van der Waals surface area contributed by atoms with Gasteiger partial charge in [-0.25, -0.2) is 17.9 Å². The molecule has 0 unspecified atom stereocenters. The van der Waals surface area contributed by atoms with E-state index in [0.717, 1.165) is 67.9 Å². The molecule has 10 nitrogen and oxygen atoms in total. The smallest absolute Gasteiger partial charge is 0.256 e. The monoisotopic (exact) mass is 531 g/mol. The molecule has 0 aliphatic carbocycles. The highest BCUT2D eigenvalue weighted by Crippen LogP contribution is 2.34. The zero-order valence-corrected chi connectivity index (χ0v) is 21.9. The molecule has 0 bridgehead atoms. The maximum Gasteiger partial charge on any atom is 0.256 e. The third-order valence-electron chi connectivity index (χ3n) is 6.77. The maximum absolute atomic E-state index is 13.7. The van der Waals surface area contributed by atoms with Crippen LogP contribution in [0.1, 0.15) is 53.5 Å². The Bertz CT molecular complexity index is 1420. The summed E-state index contributed by atoms with van der Waals surface area (Å²) in [5, 5.41) is 5.18. The van der Waals surface area contributed by atoms with E-state index in [9.17, 15) is 13.2 Å². The highest BCUT2D eigenvalue weighted by atomic mass is 35.5. The van der Waals surface area contributed by atoms with Crippen LogP contribution >= 0.6 is 11.6 Å². The van der Waals surface area contributed by atoms with E-state index in [4.69, 9.17) is 27.4 Å². The zero-order valence-electron chi connectivity index (χ0n) is 20.3. The van der Waals surface area contributed by atoms with E-state index in [-0.39, 0.29) is 29.2 Å². The van der Waals surface area contributed by atoms with Crippen molar-refractivity contribution < 1.29 is 13.2 Å². The Morgan fingerprint density at radius 2 is 1.97 bits per heavy atom. The molecule has 5 rings (SSSR count). The van der Waals surface area contributed by atoms with Gasteiger partial charge in [0, 0.05) is 48.5 Å². The van der Waals surface area contributed by atoms with Crippen molar-refractivity contribution in [3.8, 4) is 0 Å².